The average Bonchev–Trinajstić information content (AvgIpc) is 2.26. The number of methoxy groups -OCH3 is 1. The zero-order chi connectivity index (χ0) is 10.4. The van der Waals surface area contributed by atoms with Gasteiger partial charge in [0.05, 0.1) is 24.4 Å². The second-order valence-electron chi connectivity index (χ2n) is 2.53. The van der Waals surface area contributed by atoms with Crippen LogP contribution in [0.1, 0.15) is 5.56 Å². The van der Waals surface area contributed by atoms with Gasteiger partial charge in [0.15, 0.2) is 0 Å². The maximum absolute atomic E-state index is 8.81. The number of benzene rings is 1. The summed E-state index contributed by atoms with van der Waals surface area (Å²) < 4.78 is 4.97. The first-order valence-electron chi connectivity index (χ1n) is 4.00. The summed E-state index contributed by atoms with van der Waals surface area (Å²) in [5.41, 5.74) is 1.12. The Morgan fingerprint density at radius 1 is 1.43 bits per heavy atom. The highest BCUT2D eigenvalue weighted by Crippen LogP contribution is 2.20. The normalized spacial score (nSPS) is 8.50. The Balaban J connectivity index is 2.96. The molecule has 1 N–H and O–H groups in total. The molecule has 0 aliphatic carbocycles. The summed E-state index contributed by atoms with van der Waals surface area (Å²) in [7, 11) is 1.54. The topological polar surface area (TPSA) is 68.8 Å². The van der Waals surface area contributed by atoms with Gasteiger partial charge in [-0.05, 0) is 18.2 Å². The highest BCUT2D eigenvalue weighted by Gasteiger charge is 2.02. The Morgan fingerprint density at radius 3 is 2.79 bits per heavy atom. The van der Waals surface area contributed by atoms with Crippen molar-refractivity contribution in [2.75, 3.05) is 19.0 Å². The van der Waals surface area contributed by atoms with Gasteiger partial charge in [-0.1, -0.05) is 0 Å². The molecule has 0 spiro atoms. The summed E-state index contributed by atoms with van der Waals surface area (Å²) in [6, 6.07) is 9.05. The third-order valence-electron chi connectivity index (χ3n) is 1.71. The number of hydrogen-bond donors (Lipinski definition) is 1. The maximum Gasteiger partial charge on any atom is 0.120 e. The lowest BCUT2D eigenvalue weighted by atomic mass is 10.2. The van der Waals surface area contributed by atoms with Gasteiger partial charge in [0, 0.05) is 0 Å². The first-order chi connectivity index (χ1) is 6.81. The largest absolute Gasteiger partial charge is 0.497 e. The van der Waals surface area contributed by atoms with Crippen LogP contribution in [0.15, 0.2) is 18.2 Å². The van der Waals surface area contributed by atoms with Gasteiger partial charge in [0.1, 0.15) is 18.4 Å². The molecule has 0 heterocycles. The van der Waals surface area contributed by atoms with Crippen molar-refractivity contribution in [2.45, 2.75) is 0 Å². The monoisotopic (exact) mass is 187 g/mol. The van der Waals surface area contributed by atoms with E-state index < -0.39 is 0 Å². The van der Waals surface area contributed by atoms with Crippen molar-refractivity contribution in [1.29, 1.82) is 10.5 Å². The molecule has 14 heavy (non-hydrogen) atoms. The average molecular weight is 187 g/mol. The predicted molar refractivity (Wildman–Crippen MR) is 51.8 cm³/mol. The molecule has 0 bridgehead atoms. The zero-order valence-corrected chi connectivity index (χ0v) is 7.74. The van der Waals surface area contributed by atoms with Crippen LogP contribution in [-0.2, 0) is 0 Å². The molecule has 1 rings (SSSR count). The zero-order valence-electron chi connectivity index (χ0n) is 7.74. The molecule has 0 saturated heterocycles. The second kappa shape index (κ2) is 4.74. The number of nitrogens with one attached hydrogen (secondary N) is 1. The van der Waals surface area contributed by atoms with E-state index in [1.165, 1.54) is 0 Å². The Kier molecular flexibility index (Phi) is 3.34. The molecule has 0 aliphatic heterocycles. The molecule has 1 aromatic rings. The van der Waals surface area contributed by atoms with Crippen LogP contribution < -0.4 is 10.1 Å². The van der Waals surface area contributed by atoms with Gasteiger partial charge < -0.3 is 10.1 Å². The lowest BCUT2D eigenvalue weighted by Crippen LogP contribution is -2.00. The fourth-order valence-electron chi connectivity index (χ4n) is 1.03. The van der Waals surface area contributed by atoms with Gasteiger partial charge in [-0.3, -0.25) is 0 Å². The molecule has 0 fully saturated rings. The van der Waals surface area contributed by atoms with E-state index in [4.69, 9.17) is 15.3 Å². The van der Waals surface area contributed by atoms with Crippen LogP contribution in [0.5, 0.6) is 5.75 Å². The van der Waals surface area contributed by atoms with Crippen LogP contribution in [0.25, 0.3) is 0 Å². The molecule has 0 saturated carbocycles. The van der Waals surface area contributed by atoms with Crippen LogP contribution >= 0.6 is 0 Å². The summed E-state index contributed by atoms with van der Waals surface area (Å²) in [4.78, 5) is 0. The highest BCUT2D eigenvalue weighted by molar-refractivity contribution is 5.60. The van der Waals surface area contributed by atoms with Crippen molar-refractivity contribution < 1.29 is 4.74 Å². The van der Waals surface area contributed by atoms with Crippen molar-refractivity contribution in [3.8, 4) is 17.9 Å². The molecule has 4 heteroatoms. The van der Waals surface area contributed by atoms with E-state index >= 15 is 0 Å². The van der Waals surface area contributed by atoms with E-state index in [0.717, 1.165) is 0 Å². The summed E-state index contributed by atoms with van der Waals surface area (Å²) in [5.74, 6) is 0.629. The first kappa shape index (κ1) is 9.88. The van der Waals surface area contributed by atoms with Gasteiger partial charge in [0.2, 0.25) is 0 Å². The molecular weight excluding hydrogens is 178 g/mol. The van der Waals surface area contributed by atoms with Crippen molar-refractivity contribution in [2.24, 2.45) is 0 Å². The predicted octanol–water partition coefficient (Wildman–Crippen LogP) is 1.50. The summed E-state index contributed by atoms with van der Waals surface area (Å²) in [6.45, 7) is 0.182. The maximum atomic E-state index is 8.81. The standard InChI is InChI=1S/C10H9N3O/c1-14-9-2-3-10(13-5-4-11)8(6-9)7-12/h2-3,6,13H,5H2,1H3. The third-order valence-corrected chi connectivity index (χ3v) is 1.71. The quantitative estimate of drug-likeness (QED) is 0.728. The smallest absolute Gasteiger partial charge is 0.120 e. The van der Waals surface area contributed by atoms with Crippen molar-refractivity contribution in [3.63, 3.8) is 0 Å². The Bertz CT molecular complexity index is 401. The molecule has 0 aliphatic rings. The van der Waals surface area contributed by atoms with Crippen LogP contribution in [0.2, 0.25) is 0 Å². The van der Waals surface area contributed by atoms with Crippen LogP contribution in [0.3, 0.4) is 0 Å². The van der Waals surface area contributed by atoms with E-state index in [-0.39, 0.29) is 6.54 Å². The molecule has 0 radical (unpaired) electrons. The minimum Gasteiger partial charge on any atom is -0.497 e. The van der Waals surface area contributed by atoms with Crippen LogP contribution in [-0.4, -0.2) is 13.7 Å². The summed E-state index contributed by atoms with van der Waals surface area (Å²) in [5, 5.41) is 20.0. The van der Waals surface area contributed by atoms with Gasteiger partial charge in [-0.2, -0.15) is 10.5 Å². The van der Waals surface area contributed by atoms with Crippen molar-refractivity contribution in [1.82, 2.24) is 0 Å². The number of nitriles is 2. The fourth-order valence-corrected chi connectivity index (χ4v) is 1.03. The molecule has 1 aromatic carbocycles. The third kappa shape index (κ3) is 2.15. The summed E-state index contributed by atoms with van der Waals surface area (Å²) >= 11 is 0. The lowest BCUT2D eigenvalue weighted by molar-refractivity contribution is 0.414. The molecule has 0 amide bonds. The molecular formula is C10H9N3O. The van der Waals surface area contributed by atoms with Crippen molar-refractivity contribution in [3.05, 3.63) is 23.8 Å². The molecule has 4 nitrogen and oxygen atoms in total. The van der Waals surface area contributed by atoms with Crippen molar-refractivity contribution >= 4 is 5.69 Å². The molecule has 0 unspecified atom stereocenters. The Morgan fingerprint density at radius 2 is 2.21 bits per heavy atom. The van der Waals surface area contributed by atoms with E-state index in [9.17, 15) is 0 Å². The Hall–Kier alpha value is -2.20. The molecule has 70 valence electrons. The number of rotatable bonds is 3. The number of anilines is 1. The van der Waals surface area contributed by atoms with Crippen LogP contribution in [0.4, 0.5) is 5.69 Å². The summed E-state index contributed by atoms with van der Waals surface area (Å²) in [6.07, 6.45) is 0. The highest BCUT2D eigenvalue weighted by atomic mass is 16.5. The van der Waals surface area contributed by atoms with E-state index in [1.54, 1.807) is 25.3 Å². The van der Waals surface area contributed by atoms with Gasteiger partial charge in [-0.15, -0.1) is 0 Å². The van der Waals surface area contributed by atoms with Gasteiger partial charge >= 0.3 is 0 Å². The number of hydrogen-bond acceptors (Lipinski definition) is 4. The van der Waals surface area contributed by atoms with E-state index in [2.05, 4.69) is 5.32 Å². The fraction of sp³-hybridized carbons (Fsp3) is 0.200. The minimum atomic E-state index is 0.182. The number of ether oxygens (including phenoxy) is 1. The number of nitrogens with zero attached hydrogens (tertiary/aromatic N) is 2. The lowest BCUT2D eigenvalue weighted by Gasteiger charge is -2.06. The Labute approximate surface area is 82.3 Å². The van der Waals surface area contributed by atoms with E-state index in [0.29, 0.717) is 17.0 Å². The first-order valence-corrected chi connectivity index (χ1v) is 4.00. The van der Waals surface area contributed by atoms with Gasteiger partial charge in [0.25, 0.3) is 0 Å². The minimum absolute atomic E-state index is 0.182. The van der Waals surface area contributed by atoms with Gasteiger partial charge in [-0.25, -0.2) is 0 Å². The van der Waals surface area contributed by atoms with Crippen LogP contribution in [0, 0.1) is 22.7 Å². The molecule has 0 atom stereocenters. The SMILES string of the molecule is COc1ccc(NCC#N)c(C#N)c1. The second-order valence-corrected chi connectivity index (χ2v) is 2.53. The van der Waals surface area contributed by atoms with E-state index in [1.807, 2.05) is 12.1 Å². The molecule has 0 aromatic heterocycles.